The van der Waals surface area contributed by atoms with Crippen LogP contribution in [-0.4, -0.2) is 47.3 Å². The van der Waals surface area contributed by atoms with E-state index in [1.807, 2.05) is 0 Å². The van der Waals surface area contributed by atoms with Crippen molar-refractivity contribution in [1.82, 2.24) is 15.2 Å². The molecule has 0 spiro atoms. The fourth-order valence-electron chi connectivity index (χ4n) is 2.66. The second-order valence-electron chi connectivity index (χ2n) is 5.60. The molecular weight excluding hydrogens is 384 g/mol. The number of alkyl halides is 2. The number of halogens is 3. The lowest BCUT2D eigenvalue weighted by atomic mass is 10.1. The van der Waals surface area contributed by atoms with Gasteiger partial charge in [0.15, 0.2) is 0 Å². The summed E-state index contributed by atoms with van der Waals surface area (Å²) in [5, 5.41) is 3.14. The van der Waals surface area contributed by atoms with Crippen LogP contribution >= 0.6 is 15.9 Å². The number of nitrogens with one attached hydrogen (secondary N) is 1. The Morgan fingerprint density at radius 2 is 2.12 bits per heavy atom. The van der Waals surface area contributed by atoms with E-state index in [1.54, 1.807) is 24.3 Å². The third-order valence-electron chi connectivity index (χ3n) is 3.88. The summed E-state index contributed by atoms with van der Waals surface area (Å²) in [4.78, 5) is 29.6. The number of amides is 2. The van der Waals surface area contributed by atoms with Gasteiger partial charge in [-0.05, 0) is 18.2 Å². The van der Waals surface area contributed by atoms with Crippen molar-refractivity contribution in [2.45, 2.75) is 12.3 Å². The number of hydrogen-bond donors (Lipinski definition) is 1. The lowest BCUT2D eigenvalue weighted by Crippen LogP contribution is -2.40. The summed E-state index contributed by atoms with van der Waals surface area (Å²) < 4.78 is 27.0. The number of hydrogen-bond acceptors (Lipinski definition) is 3. The highest BCUT2D eigenvalue weighted by molar-refractivity contribution is 9.10. The molecular formula is C16H14BrF2N3O2. The molecule has 0 atom stereocenters. The van der Waals surface area contributed by atoms with Crippen LogP contribution in [0.5, 0.6) is 0 Å². The number of nitrogens with zero attached hydrogens (tertiary/aromatic N) is 2. The van der Waals surface area contributed by atoms with Crippen LogP contribution < -0.4 is 5.32 Å². The average molecular weight is 398 g/mol. The minimum Gasteiger partial charge on any atom is -0.343 e. The largest absolute Gasteiger partial charge is 0.343 e. The van der Waals surface area contributed by atoms with Crippen molar-refractivity contribution in [1.29, 1.82) is 0 Å². The van der Waals surface area contributed by atoms with Crippen molar-refractivity contribution in [3.05, 3.63) is 40.5 Å². The van der Waals surface area contributed by atoms with Crippen molar-refractivity contribution in [3.63, 3.8) is 0 Å². The first-order chi connectivity index (χ1) is 11.4. The fraction of sp³-hybridized carbons (Fsp3) is 0.312. The summed E-state index contributed by atoms with van der Waals surface area (Å²) in [6, 6.07) is 6.92. The molecule has 1 aliphatic rings. The average Bonchev–Trinajstić information content (AvgIpc) is 2.92. The molecule has 0 saturated carbocycles. The Hall–Kier alpha value is -2.09. The van der Waals surface area contributed by atoms with E-state index in [9.17, 15) is 18.4 Å². The van der Waals surface area contributed by atoms with Gasteiger partial charge in [0.05, 0.1) is 24.2 Å². The highest BCUT2D eigenvalue weighted by Crippen LogP contribution is 2.27. The zero-order valence-electron chi connectivity index (χ0n) is 12.6. The number of fused-ring (bicyclic) bond motifs is 1. The van der Waals surface area contributed by atoms with Crippen molar-refractivity contribution in [3.8, 4) is 0 Å². The van der Waals surface area contributed by atoms with Crippen LogP contribution in [-0.2, 0) is 4.79 Å². The lowest BCUT2D eigenvalue weighted by molar-refractivity contribution is -0.130. The van der Waals surface area contributed by atoms with Gasteiger partial charge < -0.3 is 10.2 Å². The van der Waals surface area contributed by atoms with Crippen LogP contribution in [0.3, 0.4) is 0 Å². The van der Waals surface area contributed by atoms with E-state index in [1.165, 1.54) is 6.20 Å². The molecule has 2 aromatic rings. The SMILES string of the molecule is O=C(NCC(=O)N1CCC(F)(F)C1)c1ccnc2cccc(Br)c12. The molecule has 1 fully saturated rings. The third kappa shape index (κ3) is 3.38. The van der Waals surface area contributed by atoms with Crippen LogP contribution in [0.2, 0.25) is 0 Å². The minimum atomic E-state index is -2.84. The smallest absolute Gasteiger partial charge is 0.267 e. The Balaban J connectivity index is 1.71. The molecule has 126 valence electrons. The molecule has 0 radical (unpaired) electrons. The van der Waals surface area contributed by atoms with E-state index < -0.39 is 24.3 Å². The predicted molar refractivity (Wildman–Crippen MR) is 87.9 cm³/mol. The summed E-state index contributed by atoms with van der Waals surface area (Å²) in [6.45, 7) is -0.903. The molecule has 1 saturated heterocycles. The van der Waals surface area contributed by atoms with Gasteiger partial charge in [0.2, 0.25) is 5.91 Å². The molecule has 1 aliphatic heterocycles. The van der Waals surface area contributed by atoms with Crippen LogP contribution in [0.25, 0.3) is 10.9 Å². The quantitative estimate of drug-likeness (QED) is 0.865. The van der Waals surface area contributed by atoms with Crippen LogP contribution in [0.4, 0.5) is 8.78 Å². The number of likely N-dealkylation sites (tertiary alicyclic amines) is 1. The van der Waals surface area contributed by atoms with Gasteiger partial charge in [-0.2, -0.15) is 0 Å². The zero-order chi connectivity index (χ0) is 17.3. The maximum Gasteiger partial charge on any atom is 0.267 e. The van der Waals surface area contributed by atoms with Gasteiger partial charge in [0, 0.05) is 29.0 Å². The summed E-state index contributed by atoms with van der Waals surface area (Å²) in [6.07, 6.45) is 1.17. The van der Waals surface area contributed by atoms with Gasteiger partial charge >= 0.3 is 0 Å². The fourth-order valence-corrected chi connectivity index (χ4v) is 3.23. The topological polar surface area (TPSA) is 62.3 Å². The van der Waals surface area contributed by atoms with Crippen molar-refractivity contribution in [2.24, 2.45) is 0 Å². The lowest BCUT2D eigenvalue weighted by Gasteiger charge is -2.16. The zero-order valence-corrected chi connectivity index (χ0v) is 14.1. The summed E-state index contributed by atoms with van der Waals surface area (Å²) >= 11 is 3.38. The second-order valence-corrected chi connectivity index (χ2v) is 6.45. The van der Waals surface area contributed by atoms with E-state index in [4.69, 9.17) is 0 Å². The molecule has 8 heteroatoms. The Bertz CT molecular complexity index is 808. The first-order valence-corrected chi connectivity index (χ1v) is 8.14. The van der Waals surface area contributed by atoms with Gasteiger partial charge in [-0.3, -0.25) is 14.6 Å². The van der Waals surface area contributed by atoms with E-state index in [0.29, 0.717) is 20.9 Å². The van der Waals surface area contributed by atoms with Crippen molar-refractivity contribution < 1.29 is 18.4 Å². The maximum absolute atomic E-state index is 13.1. The number of aromatic nitrogens is 1. The summed E-state index contributed by atoms with van der Waals surface area (Å²) in [5.41, 5.74) is 1.01. The number of pyridine rings is 1. The first-order valence-electron chi connectivity index (χ1n) is 7.34. The van der Waals surface area contributed by atoms with E-state index in [0.717, 1.165) is 4.90 Å². The van der Waals surface area contributed by atoms with Crippen LogP contribution in [0.1, 0.15) is 16.8 Å². The summed E-state index contributed by atoms with van der Waals surface area (Å²) in [7, 11) is 0. The van der Waals surface area contributed by atoms with Gasteiger partial charge in [-0.1, -0.05) is 22.0 Å². The van der Waals surface area contributed by atoms with Gasteiger partial charge in [0.25, 0.3) is 11.8 Å². The highest BCUT2D eigenvalue weighted by Gasteiger charge is 2.40. The first kappa shape index (κ1) is 16.8. The van der Waals surface area contributed by atoms with E-state index in [2.05, 4.69) is 26.2 Å². The standard InChI is InChI=1S/C16H14BrF2N3O2/c17-11-2-1-3-12-14(11)10(4-6-20-12)15(24)21-8-13(23)22-7-5-16(18,19)9-22/h1-4,6H,5,7-9H2,(H,21,24). The predicted octanol–water partition coefficient (Wildman–Crippen LogP) is 2.59. The van der Waals surface area contributed by atoms with Crippen LogP contribution in [0.15, 0.2) is 34.9 Å². The molecule has 2 amide bonds. The molecule has 1 aromatic heterocycles. The Labute approximate surface area is 145 Å². The highest BCUT2D eigenvalue weighted by atomic mass is 79.9. The molecule has 3 rings (SSSR count). The minimum absolute atomic E-state index is 0.00540. The number of rotatable bonds is 3. The Morgan fingerprint density at radius 3 is 2.83 bits per heavy atom. The van der Waals surface area contributed by atoms with Crippen molar-refractivity contribution in [2.75, 3.05) is 19.6 Å². The molecule has 2 heterocycles. The number of carbonyl (C=O) groups excluding carboxylic acids is 2. The molecule has 5 nitrogen and oxygen atoms in total. The van der Waals surface area contributed by atoms with E-state index in [-0.39, 0.29) is 19.5 Å². The Kier molecular flexibility index (Phi) is 4.49. The second kappa shape index (κ2) is 6.43. The molecule has 0 bridgehead atoms. The Morgan fingerprint density at radius 1 is 1.33 bits per heavy atom. The molecule has 24 heavy (non-hydrogen) atoms. The maximum atomic E-state index is 13.1. The molecule has 1 aromatic carbocycles. The summed E-state index contributed by atoms with van der Waals surface area (Å²) in [5.74, 6) is -3.81. The van der Waals surface area contributed by atoms with Crippen LogP contribution in [0, 0.1) is 0 Å². The van der Waals surface area contributed by atoms with Gasteiger partial charge in [-0.25, -0.2) is 8.78 Å². The molecule has 0 unspecified atom stereocenters. The molecule has 0 aliphatic carbocycles. The molecule has 1 N–H and O–H groups in total. The van der Waals surface area contributed by atoms with Crippen molar-refractivity contribution >= 4 is 38.6 Å². The number of benzene rings is 1. The monoisotopic (exact) mass is 397 g/mol. The van der Waals surface area contributed by atoms with Gasteiger partial charge in [-0.15, -0.1) is 0 Å². The third-order valence-corrected chi connectivity index (χ3v) is 4.54. The normalized spacial score (nSPS) is 16.4. The van der Waals surface area contributed by atoms with Gasteiger partial charge in [0.1, 0.15) is 0 Å². The number of carbonyl (C=O) groups is 2. The van der Waals surface area contributed by atoms with E-state index >= 15 is 0 Å².